The summed E-state index contributed by atoms with van der Waals surface area (Å²) in [7, 11) is 2.07. The maximum atomic E-state index is 4.65. The third-order valence-corrected chi connectivity index (χ3v) is 4.65. The van der Waals surface area contributed by atoms with E-state index in [-0.39, 0.29) is 0 Å². The zero-order valence-corrected chi connectivity index (χ0v) is 17.0. The molecule has 2 rings (SSSR count). The lowest BCUT2D eigenvalue weighted by atomic mass is 10.0. The topological polar surface area (TPSA) is 27.6 Å². The zero-order valence-electron chi connectivity index (χ0n) is 17.0. The van der Waals surface area contributed by atoms with E-state index in [0.29, 0.717) is 0 Å². The number of aliphatic imine (C=N–C) groups is 1. The van der Waals surface area contributed by atoms with Crippen LogP contribution in [0.4, 0.5) is 5.69 Å². The van der Waals surface area contributed by atoms with Gasteiger partial charge in [0.25, 0.3) is 0 Å². The van der Waals surface area contributed by atoms with Gasteiger partial charge in [-0.3, -0.25) is 0 Å². The Morgan fingerprint density at radius 1 is 1.04 bits per heavy atom. The van der Waals surface area contributed by atoms with Crippen LogP contribution in [-0.4, -0.2) is 31.4 Å². The molecular weight excluding hydrogens is 318 g/mol. The number of rotatable bonds is 9. The molecule has 0 fully saturated rings. The van der Waals surface area contributed by atoms with Gasteiger partial charge in [0.15, 0.2) is 0 Å². The largest absolute Gasteiger partial charge is 0.366 e. The Morgan fingerprint density at radius 2 is 1.77 bits per heavy atom. The Morgan fingerprint density at radius 3 is 2.46 bits per heavy atom. The summed E-state index contributed by atoms with van der Waals surface area (Å²) in [5, 5.41) is 3.55. The van der Waals surface area contributed by atoms with Gasteiger partial charge in [0, 0.05) is 20.1 Å². The zero-order chi connectivity index (χ0) is 18.9. The minimum atomic E-state index is 0.921. The second-order valence-electron chi connectivity index (χ2n) is 7.20. The number of benzene rings is 2. The summed E-state index contributed by atoms with van der Waals surface area (Å²) in [6, 6.07) is 13.2. The number of nitrogens with one attached hydrogen (secondary N) is 1. The van der Waals surface area contributed by atoms with E-state index in [1.54, 1.807) is 0 Å². The van der Waals surface area contributed by atoms with Gasteiger partial charge in [-0.15, -0.1) is 0 Å². The van der Waals surface area contributed by atoms with Gasteiger partial charge in [-0.1, -0.05) is 42.8 Å². The summed E-state index contributed by atoms with van der Waals surface area (Å²) < 4.78 is 0. The highest BCUT2D eigenvalue weighted by atomic mass is 15.1. The molecular formula is C23H33N3. The first-order valence-corrected chi connectivity index (χ1v) is 9.60. The molecule has 0 radical (unpaired) electrons. The Bertz CT molecular complexity index is 717. The summed E-state index contributed by atoms with van der Waals surface area (Å²) in [6.07, 6.45) is 4.11. The summed E-state index contributed by atoms with van der Waals surface area (Å²) in [6.45, 7) is 11.6. The lowest BCUT2D eigenvalue weighted by molar-refractivity contribution is 0.515. The van der Waals surface area contributed by atoms with Crippen LogP contribution >= 0.6 is 0 Å². The van der Waals surface area contributed by atoms with Gasteiger partial charge >= 0.3 is 0 Å². The van der Waals surface area contributed by atoms with Crippen molar-refractivity contribution in [1.29, 1.82) is 0 Å². The Labute approximate surface area is 159 Å². The molecule has 0 atom stereocenters. The van der Waals surface area contributed by atoms with E-state index in [1.165, 1.54) is 27.8 Å². The smallest absolute Gasteiger partial charge is 0.0909 e. The molecule has 0 aromatic heterocycles. The summed E-state index contributed by atoms with van der Waals surface area (Å²) in [5.41, 5.74) is 7.68. The fraction of sp³-hybridized carbons (Fsp3) is 0.435. The third-order valence-electron chi connectivity index (χ3n) is 4.65. The van der Waals surface area contributed by atoms with Gasteiger partial charge in [-0.2, -0.15) is 0 Å². The molecule has 0 heterocycles. The van der Waals surface area contributed by atoms with Crippen molar-refractivity contribution >= 4 is 12.0 Å². The highest BCUT2D eigenvalue weighted by molar-refractivity contribution is 5.64. The van der Waals surface area contributed by atoms with E-state index in [4.69, 9.17) is 0 Å². The predicted octanol–water partition coefficient (Wildman–Crippen LogP) is 4.95. The molecule has 3 nitrogen and oxygen atoms in total. The van der Waals surface area contributed by atoms with Crippen LogP contribution in [0.2, 0.25) is 0 Å². The minimum absolute atomic E-state index is 0.921. The van der Waals surface area contributed by atoms with Crippen molar-refractivity contribution in [3.05, 3.63) is 64.2 Å². The first-order valence-electron chi connectivity index (χ1n) is 9.60. The summed E-state index contributed by atoms with van der Waals surface area (Å²) in [5.74, 6) is 0. The fourth-order valence-electron chi connectivity index (χ4n) is 3.00. The minimum Gasteiger partial charge on any atom is -0.366 e. The van der Waals surface area contributed by atoms with Crippen LogP contribution in [-0.2, 0) is 13.0 Å². The van der Waals surface area contributed by atoms with Gasteiger partial charge in [0.1, 0.15) is 0 Å². The van der Waals surface area contributed by atoms with Crippen molar-refractivity contribution < 1.29 is 0 Å². The summed E-state index contributed by atoms with van der Waals surface area (Å²) >= 11 is 0. The molecule has 0 saturated heterocycles. The molecule has 140 valence electrons. The van der Waals surface area contributed by atoms with E-state index in [9.17, 15) is 0 Å². The van der Waals surface area contributed by atoms with Crippen LogP contribution in [0.5, 0.6) is 0 Å². The predicted molar refractivity (Wildman–Crippen MR) is 114 cm³/mol. The van der Waals surface area contributed by atoms with Crippen molar-refractivity contribution in [3.8, 4) is 0 Å². The lowest BCUT2D eigenvalue weighted by Gasteiger charge is -2.13. The second-order valence-corrected chi connectivity index (χ2v) is 7.20. The molecule has 26 heavy (non-hydrogen) atoms. The van der Waals surface area contributed by atoms with E-state index >= 15 is 0 Å². The van der Waals surface area contributed by atoms with Gasteiger partial charge in [-0.25, -0.2) is 4.99 Å². The molecule has 0 saturated carbocycles. The third kappa shape index (κ3) is 6.30. The quantitative estimate of drug-likeness (QED) is 0.393. The second kappa shape index (κ2) is 10.1. The van der Waals surface area contributed by atoms with Gasteiger partial charge < -0.3 is 10.2 Å². The van der Waals surface area contributed by atoms with Crippen LogP contribution in [0.1, 0.15) is 41.2 Å². The molecule has 0 bridgehead atoms. The number of hydrogen-bond acceptors (Lipinski definition) is 2. The van der Waals surface area contributed by atoms with E-state index < -0.39 is 0 Å². The molecule has 0 aliphatic rings. The van der Waals surface area contributed by atoms with Crippen molar-refractivity contribution in [3.63, 3.8) is 0 Å². The Hall–Kier alpha value is -2.13. The molecule has 0 aliphatic heterocycles. The van der Waals surface area contributed by atoms with Gasteiger partial charge in [0.05, 0.1) is 12.0 Å². The fourth-order valence-corrected chi connectivity index (χ4v) is 3.00. The van der Waals surface area contributed by atoms with Crippen LogP contribution < -0.4 is 5.32 Å². The monoisotopic (exact) mass is 351 g/mol. The number of hydrogen-bond donors (Lipinski definition) is 1. The molecule has 3 heteroatoms. The Balaban J connectivity index is 1.89. The highest BCUT2D eigenvalue weighted by Gasteiger charge is 2.04. The first kappa shape index (κ1) is 20.2. The van der Waals surface area contributed by atoms with Crippen LogP contribution in [0, 0.1) is 20.8 Å². The molecule has 1 N–H and O–H groups in total. The standard InChI is InChI=1S/C23H33N3/c1-6-13-26(5)17-25-23-15-19(3)22(14-20(23)4)11-12-24-16-21-9-7-18(2)8-10-21/h7-10,14-15,17,24H,6,11-13,16H2,1-5H3/b25-17+. The molecule has 2 aromatic rings. The van der Waals surface area contributed by atoms with Crippen molar-refractivity contribution in [2.24, 2.45) is 4.99 Å². The van der Waals surface area contributed by atoms with Crippen LogP contribution in [0.15, 0.2) is 41.4 Å². The van der Waals surface area contributed by atoms with Crippen LogP contribution in [0.25, 0.3) is 0 Å². The van der Waals surface area contributed by atoms with Gasteiger partial charge in [0.2, 0.25) is 0 Å². The number of nitrogens with zero attached hydrogens (tertiary/aromatic N) is 2. The van der Waals surface area contributed by atoms with Crippen molar-refractivity contribution in [2.45, 2.75) is 47.1 Å². The Kier molecular flexibility index (Phi) is 7.86. The SMILES string of the molecule is CCCN(C)/C=N/c1cc(C)c(CCNCc2ccc(C)cc2)cc1C. The number of aryl methyl sites for hydroxylation is 3. The maximum Gasteiger partial charge on any atom is 0.0909 e. The molecule has 0 aliphatic carbocycles. The van der Waals surface area contributed by atoms with E-state index in [2.05, 4.69) is 86.3 Å². The van der Waals surface area contributed by atoms with Crippen molar-refractivity contribution in [2.75, 3.05) is 20.1 Å². The van der Waals surface area contributed by atoms with Crippen molar-refractivity contribution in [1.82, 2.24) is 10.2 Å². The van der Waals surface area contributed by atoms with E-state index in [0.717, 1.165) is 38.2 Å². The lowest BCUT2D eigenvalue weighted by Crippen LogP contribution is -2.17. The average molecular weight is 352 g/mol. The molecule has 0 unspecified atom stereocenters. The van der Waals surface area contributed by atoms with E-state index in [1.807, 2.05) is 6.34 Å². The summed E-state index contributed by atoms with van der Waals surface area (Å²) in [4.78, 5) is 6.79. The first-order chi connectivity index (χ1) is 12.5. The molecule has 2 aromatic carbocycles. The maximum absolute atomic E-state index is 4.65. The molecule has 0 amide bonds. The highest BCUT2D eigenvalue weighted by Crippen LogP contribution is 2.23. The molecule has 0 spiro atoms. The van der Waals surface area contributed by atoms with Crippen LogP contribution in [0.3, 0.4) is 0 Å². The van der Waals surface area contributed by atoms with Gasteiger partial charge in [-0.05, 0) is 68.5 Å². The normalized spacial score (nSPS) is 11.3. The average Bonchev–Trinajstić information content (AvgIpc) is 2.61.